The first-order valence-electron chi connectivity index (χ1n) is 5.43. The monoisotopic (exact) mass is 242 g/mol. The number of hydrogen-bond donors (Lipinski definition) is 1. The predicted molar refractivity (Wildman–Crippen MR) is 63.4 cm³/mol. The van der Waals surface area contributed by atoms with Crippen LogP contribution in [0.5, 0.6) is 5.88 Å². The number of methoxy groups -OCH3 is 1. The minimum absolute atomic E-state index is 0.0475. The van der Waals surface area contributed by atoms with Crippen LogP contribution in [0.4, 0.5) is 4.39 Å². The lowest BCUT2D eigenvalue weighted by molar-refractivity contribution is -0.0106. The summed E-state index contributed by atoms with van der Waals surface area (Å²) in [6.45, 7) is 6.00. The number of rotatable bonds is 4. The molecule has 0 fully saturated rings. The van der Waals surface area contributed by atoms with E-state index in [1.54, 1.807) is 0 Å². The van der Waals surface area contributed by atoms with E-state index in [2.05, 4.69) is 4.98 Å². The maximum Gasteiger partial charge on any atom is 0.250 e. The van der Waals surface area contributed by atoms with E-state index in [1.807, 2.05) is 20.8 Å². The molecule has 0 saturated carbocycles. The van der Waals surface area contributed by atoms with Gasteiger partial charge in [-0.2, -0.15) is 0 Å². The third kappa shape index (κ3) is 3.94. The van der Waals surface area contributed by atoms with Gasteiger partial charge in [0.25, 0.3) is 0 Å². The summed E-state index contributed by atoms with van der Waals surface area (Å²) >= 11 is 0. The van der Waals surface area contributed by atoms with E-state index in [1.165, 1.54) is 19.4 Å². The molecular weight excluding hydrogens is 223 g/mol. The maximum absolute atomic E-state index is 13.8. The number of hydrogen-bond acceptors (Lipinski definition) is 4. The molecule has 0 saturated heterocycles. The fraction of sp³-hybridized carbons (Fsp3) is 0.583. The van der Waals surface area contributed by atoms with Gasteiger partial charge in [0.2, 0.25) is 5.88 Å². The normalized spacial score (nSPS) is 13.5. The van der Waals surface area contributed by atoms with E-state index in [0.29, 0.717) is 5.56 Å². The first-order valence-corrected chi connectivity index (χ1v) is 5.43. The molecule has 1 rings (SSSR count). The van der Waals surface area contributed by atoms with Gasteiger partial charge in [0, 0.05) is 11.8 Å². The Labute approximate surface area is 101 Å². The third-order valence-electron chi connectivity index (χ3n) is 2.18. The molecule has 1 atom stereocenters. The molecule has 0 aromatic carbocycles. The molecule has 96 valence electrons. The van der Waals surface area contributed by atoms with Gasteiger partial charge in [-0.3, -0.25) is 0 Å². The molecule has 17 heavy (non-hydrogen) atoms. The zero-order valence-corrected chi connectivity index (χ0v) is 10.7. The molecule has 0 spiro atoms. The summed E-state index contributed by atoms with van der Waals surface area (Å²) in [5, 5.41) is 0. The summed E-state index contributed by atoms with van der Waals surface area (Å²) in [6, 6.07) is 1.00. The van der Waals surface area contributed by atoms with Crippen molar-refractivity contribution in [2.75, 3.05) is 13.7 Å². The van der Waals surface area contributed by atoms with Crippen LogP contribution in [0.15, 0.2) is 12.3 Å². The Hall–Kier alpha value is -1.20. The number of nitrogens with two attached hydrogens (primary N) is 1. The Kier molecular flexibility index (Phi) is 4.42. The molecule has 0 aliphatic rings. The van der Waals surface area contributed by atoms with E-state index < -0.39 is 11.9 Å². The molecule has 1 heterocycles. The smallest absolute Gasteiger partial charge is 0.250 e. The van der Waals surface area contributed by atoms with Crippen molar-refractivity contribution in [3.8, 4) is 5.88 Å². The van der Waals surface area contributed by atoms with Crippen molar-refractivity contribution in [2.45, 2.75) is 32.4 Å². The summed E-state index contributed by atoms with van der Waals surface area (Å²) in [5.41, 5.74) is 5.93. The van der Waals surface area contributed by atoms with E-state index in [9.17, 15) is 4.39 Å². The van der Waals surface area contributed by atoms with Gasteiger partial charge < -0.3 is 15.2 Å². The lowest BCUT2D eigenvalue weighted by Gasteiger charge is -2.22. The summed E-state index contributed by atoms with van der Waals surface area (Å²) in [6.07, 6.45) is 1.47. The molecule has 2 N–H and O–H groups in total. The van der Waals surface area contributed by atoms with E-state index in [4.69, 9.17) is 15.2 Å². The van der Waals surface area contributed by atoms with Gasteiger partial charge in [0.15, 0.2) is 5.82 Å². The quantitative estimate of drug-likeness (QED) is 0.877. The van der Waals surface area contributed by atoms with Crippen molar-refractivity contribution in [1.29, 1.82) is 0 Å². The number of ether oxygens (including phenoxy) is 2. The summed E-state index contributed by atoms with van der Waals surface area (Å²) < 4.78 is 24.1. The average Bonchev–Trinajstić information content (AvgIpc) is 2.25. The average molecular weight is 242 g/mol. The second kappa shape index (κ2) is 5.42. The Balaban J connectivity index is 2.79. The van der Waals surface area contributed by atoms with Gasteiger partial charge in [-0.1, -0.05) is 0 Å². The molecule has 1 unspecified atom stereocenters. The van der Waals surface area contributed by atoms with E-state index in [-0.39, 0.29) is 18.1 Å². The van der Waals surface area contributed by atoms with Crippen LogP contribution in [0.3, 0.4) is 0 Å². The zero-order valence-electron chi connectivity index (χ0n) is 10.7. The van der Waals surface area contributed by atoms with Gasteiger partial charge in [0.1, 0.15) is 0 Å². The molecule has 1 aromatic heterocycles. The van der Waals surface area contributed by atoms with Gasteiger partial charge in [-0.15, -0.1) is 0 Å². The van der Waals surface area contributed by atoms with Crippen LogP contribution in [0.1, 0.15) is 32.4 Å². The molecule has 4 nitrogen and oxygen atoms in total. The number of halogens is 1. The fourth-order valence-corrected chi connectivity index (χ4v) is 1.30. The summed E-state index contributed by atoms with van der Waals surface area (Å²) in [5.74, 6) is -0.575. The number of nitrogens with zero attached hydrogens (tertiary/aromatic N) is 1. The predicted octanol–water partition coefficient (Wildman–Crippen LogP) is 2.04. The molecular formula is C12H19FN2O2. The van der Waals surface area contributed by atoms with Crippen LogP contribution in [0.2, 0.25) is 0 Å². The van der Waals surface area contributed by atoms with Crippen LogP contribution < -0.4 is 10.5 Å². The molecule has 0 aliphatic carbocycles. The van der Waals surface area contributed by atoms with E-state index >= 15 is 0 Å². The molecule has 0 bridgehead atoms. The highest BCUT2D eigenvalue weighted by Gasteiger charge is 2.19. The van der Waals surface area contributed by atoms with Crippen molar-refractivity contribution < 1.29 is 13.9 Å². The molecule has 0 aliphatic heterocycles. The van der Waals surface area contributed by atoms with Crippen LogP contribution in [0.25, 0.3) is 0 Å². The Morgan fingerprint density at radius 1 is 1.47 bits per heavy atom. The Bertz CT molecular complexity index is 377. The SMILES string of the molecule is COc1nccc(C(N)COC(C)(C)C)c1F. The fourth-order valence-electron chi connectivity index (χ4n) is 1.30. The van der Waals surface area contributed by atoms with Crippen molar-refractivity contribution in [1.82, 2.24) is 4.98 Å². The molecule has 5 heteroatoms. The van der Waals surface area contributed by atoms with Crippen molar-refractivity contribution in [3.63, 3.8) is 0 Å². The van der Waals surface area contributed by atoms with Crippen molar-refractivity contribution in [2.24, 2.45) is 5.73 Å². The van der Waals surface area contributed by atoms with Gasteiger partial charge in [-0.25, -0.2) is 9.37 Å². The van der Waals surface area contributed by atoms with Crippen LogP contribution in [-0.2, 0) is 4.74 Å². The maximum atomic E-state index is 13.8. The lowest BCUT2D eigenvalue weighted by atomic mass is 10.1. The highest BCUT2D eigenvalue weighted by molar-refractivity contribution is 5.26. The van der Waals surface area contributed by atoms with Crippen LogP contribution in [0, 0.1) is 5.82 Å². The minimum Gasteiger partial charge on any atom is -0.479 e. The van der Waals surface area contributed by atoms with Gasteiger partial charge >= 0.3 is 0 Å². The zero-order chi connectivity index (χ0) is 13.1. The third-order valence-corrected chi connectivity index (χ3v) is 2.18. The van der Waals surface area contributed by atoms with Gasteiger partial charge in [0.05, 0.1) is 25.4 Å². The Morgan fingerprint density at radius 3 is 2.65 bits per heavy atom. The highest BCUT2D eigenvalue weighted by atomic mass is 19.1. The molecule has 0 amide bonds. The van der Waals surface area contributed by atoms with Crippen LogP contribution >= 0.6 is 0 Å². The molecule has 0 radical (unpaired) electrons. The Morgan fingerprint density at radius 2 is 2.12 bits per heavy atom. The van der Waals surface area contributed by atoms with Crippen molar-refractivity contribution >= 4 is 0 Å². The second-order valence-corrected chi connectivity index (χ2v) is 4.75. The number of aromatic nitrogens is 1. The van der Waals surface area contributed by atoms with E-state index in [0.717, 1.165) is 0 Å². The first kappa shape index (κ1) is 13.9. The summed E-state index contributed by atoms with van der Waals surface area (Å²) in [4.78, 5) is 3.76. The molecule has 1 aromatic rings. The van der Waals surface area contributed by atoms with Gasteiger partial charge in [-0.05, 0) is 26.8 Å². The topological polar surface area (TPSA) is 57.4 Å². The summed E-state index contributed by atoms with van der Waals surface area (Å²) in [7, 11) is 1.37. The largest absolute Gasteiger partial charge is 0.479 e. The first-order chi connectivity index (χ1) is 7.85. The number of pyridine rings is 1. The van der Waals surface area contributed by atoms with Crippen molar-refractivity contribution in [3.05, 3.63) is 23.6 Å². The highest BCUT2D eigenvalue weighted by Crippen LogP contribution is 2.22. The standard InChI is InChI=1S/C12H19FN2O2/c1-12(2,3)17-7-9(14)8-5-6-15-11(16-4)10(8)13/h5-6,9H,7,14H2,1-4H3. The lowest BCUT2D eigenvalue weighted by Crippen LogP contribution is -2.27. The van der Waals surface area contributed by atoms with Crippen LogP contribution in [-0.4, -0.2) is 24.3 Å². The second-order valence-electron chi connectivity index (χ2n) is 4.75. The minimum atomic E-state index is -0.536.